The van der Waals surface area contributed by atoms with Gasteiger partial charge < -0.3 is 16.2 Å². The van der Waals surface area contributed by atoms with Crippen molar-refractivity contribution in [1.82, 2.24) is 5.32 Å². The van der Waals surface area contributed by atoms with Crippen LogP contribution in [0.2, 0.25) is 0 Å². The zero-order valence-electron chi connectivity index (χ0n) is 9.26. The summed E-state index contributed by atoms with van der Waals surface area (Å²) in [5.41, 5.74) is 4.95. The average molecular weight is 200 g/mol. The maximum atomic E-state index is 10.2. The first-order chi connectivity index (χ1) is 6.66. The molecule has 0 aliphatic heterocycles. The minimum absolute atomic E-state index is 0.452. The van der Waals surface area contributed by atoms with E-state index in [2.05, 4.69) is 12.2 Å². The van der Waals surface area contributed by atoms with Gasteiger partial charge in [0, 0.05) is 6.54 Å². The van der Waals surface area contributed by atoms with Crippen LogP contribution in [0.15, 0.2) is 0 Å². The van der Waals surface area contributed by atoms with Crippen molar-refractivity contribution in [2.45, 2.75) is 44.6 Å². The van der Waals surface area contributed by atoms with Gasteiger partial charge in [0.1, 0.15) is 0 Å². The molecule has 14 heavy (non-hydrogen) atoms. The molecule has 2 unspecified atom stereocenters. The maximum Gasteiger partial charge on any atom is 0.0774 e. The Morgan fingerprint density at radius 1 is 1.57 bits per heavy atom. The Balaban J connectivity index is 2.19. The molecule has 3 heteroatoms. The quantitative estimate of drug-likeness (QED) is 0.577. The molecule has 1 aliphatic carbocycles. The molecule has 0 bridgehead atoms. The number of nitrogens with one attached hydrogen (secondary N) is 1. The second-order valence-electron chi connectivity index (χ2n) is 4.74. The predicted octanol–water partition coefficient (Wildman–Crippen LogP) is 0.866. The van der Waals surface area contributed by atoms with Crippen LogP contribution in [-0.2, 0) is 0 Å². The van der Waals surface area contributed by atoms with Crippen LogP contribution in [0.4, 0.5) is 0 Å². The molecule has 3 nitrogen and oxygen atoms in total. The normalized spacial score (nSPS) is 33.2. The standard InChI is InChI=1S/C11H24N2O/c1-10-4-2-5-11(14,8-10)9-13-7-3-6-12/h10,13-14H,2-9,12H2,1H3. The van der Waals surface area contributed by atoms with Gasteiger partial charge in [0.2, 0.25) is 0 Å². The van der Waals surface area contributed by atoms with Gasteiger partial charge in [0.15, 0.2) is 0 Å². The van der Waals surface area contributed by atoms with Gasteiger partial charge in [-0.15, -0.1) is 0 Å². The molecule has 1 aliphatic rings. The molecule has 1 rings (SSSR count). The highest BCUT2D eigenvalue weighted by atomic mass is 16.3. The fraction of sp³-hybridized carbons (Fsp3) is 1.00. The van der Waals surface area contributed by atoms with E-state index in [4.69, 9.17) is 5.73 Å². The summed E-state index contributed by atoms with van der Waals surface area (Å²) in [6.07, 6.45) is 5.32. The summed E-state index contributed by atoms with van der Waals surface area (Å²) in [7, 11) is 0. The summed E-state index contributed by atoms with van der Waals surface area (Å²) < 4.78 is 0. The molecule has 1 saturated carbocycles. The van der Waals surface area contributed by atoms with Gasteiger partial charge in [0.25, 0.3) is 0 Å². The van der Waals surface area contributed by atoms with Gasteiger partial charge >= 0.3 is 0 Å². The largest absolute Gasteiger partial charge is 0.389 e. The lowest BCUT2D eigenvalue weighted by Crippen LogP contribution is -2.44. The van der Waals surface area contributed by atoms with E-state index in [1.165, 1.54) is 6.42 Å². The number of hydrogen-bond acceptors (Lipinski definition) is 3. The van der Waals surface area contributed by atoms with E-state index < -0.39 is 5.60 Å². The van der Waals surface area contributed by atoms with Crippen molar-refractivity contribution in [3.63, 3.8) is 0 Å². The van der Waals surface area contributed by atoms with Crippen LogP contribution >= 0.6 is 0 Å². The molecule has 1 fully saturated rings. The van der Waals surface area contributed by atoms with Gasteiger partial charge in [-0.05, 0) is 38.3 Å². The predicted molar refractivity (Wildman–Crippen MR) is 59.1 cm³/mol. The molecule has 2 atom stereocenters. The monoisotopic (exact) mass is 200 g/mol. The lowest BCUT2D eigenvalue weighted by atomic mass is 9.79. The number of rotatable bonds is 5. The van der Waals surface area contributed by atoms with E-state index in [0.29, 0.717) is 5.92 Å². The third-order valence-corrected chi connectivity index (χ3v) is 3.08. The highest BCUT2D eigenvalue weighted by Gasteiger charge is 2.31. The zero-order valence-corrected chi connectivity index (χ0v) is 9.26. The van der Waals surface area contributed by atoms with Gasteiger partial charge in [-0.1, -0.05) is 19.8 Å². The van der Waals surface area contributed by atoms with Crippen molar-refractivity contribution in [2.24, 2.45) is 11.7 Å². The lowest BCUT2D eigenvalue weighted by Gasteiger charge is -2.35. The second-order valence-corrected chi connectivity index (χ2v) is 4.74. The van der Waals surface area contributed by atoms with E-state index in [0.717, 1.165) is 45.3 Å². The van der Waals surface area contributed by atoms with Gasteiger partial charge in [-0.3, -0.25) is 0 Å². The van der Waals surface area contributed by atoms with Crippen LogP contribution in [0.5, 0.6) is 0 Å². The van der Waals surface area contributed by atoms with Gasteiger partial charge in [0.05, 0.1) is 5.60 Å². The molecular weight excluding hydrogens is 176 g/mol. The molecule has 0 amide bonds. The minimum atomic E-state index is -0.452. The Morgan fingerprint density at radius 2 is 2.36 bits per heavy atom. The summed E-state index contributed by atoms with van der Waals surface area (Å²) in [5, 5.41) is 13.5. The molecule has 0 saturated heterocycles. The number of aliphatic hydroxyl groups is 1. The molecule has 0 aromatic rings. The Labute approximate surface area is 87.1 Å². The van der Waals surface area contributed by atoms with E-state index in [1.807, 2.05) is 0 Å². The topological polar surface area (TPSA) is 58.3 Å². The van der Waals surface area contributed by atoms with Crippen molar-refractivity contribution < 1.29 is 5.11 Å². The SMILES string of the molecule is CC1CCCC(O)(CNCCCN)C1. The number of nitrogens with two attached hydrogens (primary N) is 1. The highest BCUT2D eigenvalue weighted by molar-refractivity contribution is 4.86. The molecule has 0 spiro atoms. The summed E-state index contributed by atoms with van der Waals surface area (Å²) in [6, 6.07) is 0. The van der Waals surface area contributed by atoms with Crippen LogP contribution in [0, 0.1) is 5.92 Å². The summed E-state index contributed by atoms with van der Waals surface area (Å²) in [5.74, 6) is 0.671. The van der Waals surface area contributed by atoms with E-state index in [9.17, 15) is 5.11 Å². The van der Waals surface area contributed by atoms with E-state index in [1.54, 1.807) is 0 Å². The van der Waals surface area contributed by atoms with Gasteiger partial charge in [-0.25, -0.2) is 0 Å². The van der Waals surface area contributed by atoms with Crippen LogP contribution in [0.3, 0.4) is 0 Å². The summed E-state index contributed by atoms with van der Waals surface area (Å²) in [4.78, 5) is 0. The zero-order chi connectivity index (χ0) is 10.4. The van der Waals surface area contributed by atoms with Crippen molar-refractivity contribution in [1.29, 1.82) is 0 Å². The van der Waals surface area contributed by atoms with Crippen LogP contribution in [0.1, 0.15) is 39.0 Å². The Morgan fingerprint density at radius 3 is 3.00 bits per heavy atom. The van der Waals surface area contributed by atoms with Crippen LogP contribution in [-0.4, -0.2) is 30.3 Å². The fourth-order valence-corrected chi connectivity index (χ4v) is 2.34. The first kappa shape index (κ1) is 12.0. The van der Waals surface area contributed by atoms with Crippen LogP contribution in [0.25, 0.3) is 0 Å². The summed E-state index contributed by atoms with van der Waals surface area (Å²) in [6.45, 7) is 4.61. The van der Waals surface area contributed by atoms with Gasteiger partial charge in [-0.2, -0.15) is 0 Å². The molecule has 4 N–H and O–H groups in total. The van der Waals surface area contributed by atoms with Crippen molar-refractivity contribution in [3.8, 4) is 0 Å². The fourth-order valence-electron chi connectivity index (χ4n) is 2.34. The Hall–Kier alpha value is -0.120. The molecule has 0 radical (unpaired) electrons. The van der Waals surface area contributed by atoms with Crippen molar-refractivity contribution in [2.75, 3.05) is 19.6 Å². The Bertz CT molecular complexity index is 163. The van der Waals surface area contributed by atoms with E-state index >= 15 is 0 Å². The van der Waals surface area contributed by atoms with Crippen molar-refractivity contribution in [3.05, 3.63) is 0 Å². The second kappa shape index (κ2) is 5.69. The molecule has 0 aromatic carbocycles. The first-order valence-corrected chi connectivity index (χ1v) is 5.79. The minimum Gasteiger partial charge on any atom is -0.389 e. The third kappa shape index (κ3) is 3.95. The molecular formula is C11H24N2O. The van der Waals surface area contributed by atoms with Crippen molar-refractivity contribution >= 4 is 0 Å². The Kier molecular flexibility index (Phi) is 4.85. The number of hydrogen-bond donors (Lipinski definition) is 3. The molecule has 0 aromatic heterocycles. The average Bonchev–Trinajstić information content (AvgIpc) is 2.12. The molecule has 0 heterocycles. The molecule has 84 valence electrons. The first-order valence-electron chi connectivity index (χ1n) is 5.79. The summed E-state index contributed by atoms with van der Waals surface area (Å²) >= 11 is 0. The smallest absolute Gasteiger partial charge is 0.0774 e. The maximum absolute atomic E-state index is 10.2. The third-order valence-electron chi connectivity index (χ3n) is 3.08. The lowest BCUT2D eigenvalue weighted by molar-refractivity contribution is -0.0115. The van der Waals surface area contributed by atoms with Crippen LogP contribution < -0.4 is 11.1 Å². The van der Waals surface area contributed by atoms with E-state index in [-0.39, 0.29) is 0 Å². The highest BCUT2D eigenvalue weighted by Crippen LogP contribution is 2.31.